The van der Waals surface area contributed by atoms with Crippen LogP contribution < -0.4 is 5.43 Å². The molecule has 3 rings (SSSR count). The van der Waals surface area contributed by atoms with Gasteiger partial charge in [-0.15, -0.1) is 11.3 Å². The number of benzene rings is 2. The molecule has 0 amide bonds. The van der Waals surface area contributed by atoms with E-state index in [1.807, 2.05) is 19.1 Å². The highest BCUT2D eigenvalue weighted by Crippen LogP contribution is 2.29. The van der Waals surface area contributed by atoms with Crippen molar-refractivity contribution in [1.82, 2.24) is 0 Å². The number of aryl methyl sites for hydroxylation is 1. The van der Waals surface area contributed by atoms with Crippen molar-refractivity contribution in [1.29, 1.82) is 0 Å². The van der Waals surface area contributed by atoms with E-state index < -0.39 is 11.9 Å². The van der Waals surface area contributed by atoms with Gasteiger partial charge in [0.25, 0.3) is 0 Å². The van der Waals surface area contributed by atoms with Crippen molar-refractivity contribution < 1.29 is 19.8 Å². The smallest absolute Gasteiger partial charge is 0.307 e. The molecule has 0 aliphatic heterocycles. The lowest BCUT2D eigenvalue weighted by atomic mass is 10.0. The molecule has 122 valence electrons. The second-order valence-electron chi connectivity index (χ2n) is 5.70. The zero-order valence-electron chi connectivity index (χ0n) is 12.8. The minimum atomic E-state index is -1.02. The Morgan fingerprint density at radius 2 is 1.71 bits per heavy atom. The SMILES string of the molecule is Cc1ccc2sc3c(CC(=O)O)cc(CC(=O)O)cc3c(=O)c2c1. The zero-order valence-corrected chi connectivity index (χ0v) is 13.6. The van der Waals surface area contributed by atoms with Gasteiger partial charge in [0, 0.05) is 20.2 Å². The molecule has 3 aromatic rings. The van der Waals surface area contributed by atoms with E-state index >= 15 is 0 Å². The first-order valence-electron chi connectivity index (χ1n) is 7.27. The molecule has 6 heteroatoms. The lowest BCUT2D eigenvalue weighted by Crippen LogP contribution is -2.08. The van der Waals surface area contributed by atoms with Crippen molar-refractivity contribution in [2.24, 2.45) is 0 Å². The van der Waals surface area contributed by atoms with Crippen LogP contribution >= 0.6 is 11.3 Å². The van der Waals surface area contributed by atoms with Gasteiger partial charge in [0.05, 0.1) is 12.8 Å². The van der Waals surface area contributed by atoms with Crippen molar-refractivity contribution in [2.75, 3.05) is 0 Å². The molecular weight excluding hydrogens is 328 g/mol. The number of aliphatic carboxylic acids is 2. The normalized spacial score (nSPS) is 11.0. The summed E-state index contributed by atoms with van der Waals surface area (Å²) in [4.78, 5) is 35.0. The van der Waals surface area contributed by atoms with Crippen molar-refractivity contribution in [3.8, 4) is 0 Å². The Hall–Kier alpha value is -2.73. The van der Waals surface area contributed by atoms with Crippen LogP contribution in [0, 0.1) is 6.92 Å². The van der Waals surface area contributed by atoms with Crippen LogP contribution in [0.2, 0.25) is 0 Å². The number of carbonyl (C=O) groups is 2. The van der Waals surface area contributed by atoms with Crippen LogP contribution in [-0.4, -0.2) is 22.2 Å². The van der Waals surface area contributed by atoms with Gasteiger partial charge >= 0.3 is 11.9 Å². The number of fused-ring (bicyclic) bond motifs is 2. The molecular formula is C18H14O5S. The second-order valence-corrected chi connectivity index (χ2v) is 6.76. The maximum absolute atomic E-state index is 12.8. The van der Waals surface area contributed by atoms with Gasteiger partial charge in [0.2, 0.25) is 0 Å². The summed E-state index contributed by atoms with van der Waals surface area (Å²) in [5.41, 5.74) is 1.67. The molecule has 0 saturated carbocycles. The number of hydrogen-bond donors (Lipinski definition) is 2. The van der Waals surface area contributed by atoms with Gasteiger partial charge < -0.3 is 10.2 Å². The van der Waals surface area contributed by atoms with Gasteiger partial charge in [-0.05, 0) is 36.2 Å². The molecule has 0 aliphatic rings. The summed E-state index contributed by atoms with van der Waals surface area (Å²) in [6, 6.07) is 8.69. The average molecular weight is 342 g/mol. The third-order valence-corrected chi connectivity index (χ3v) is 5.02. The predicted molar refractivity (Wildman–Crippen MR) is 93.0 cm³/mol. The number of carboxylic acids is 2. The van der Waals surface area contributed by atoms with Crippen molar-refractivity contribution in [3.63, 3.8) is 0 Å². The number of carboxylic acid groups (broad SMARTS) is 2. The fourth-order valence-electron chi connectivity index (χ4n) is 2.78. The fourth-order valence-corrected chi connectivity index (χ4v) is 3.92. The Morgan fingerprint density at radius 3 is 2.38 bits per heavy atom. The topological polar surface area (TPSA) is 91.7 Å². The summed E-state index contributed by atoms with van der Waals surface area (Å²) in [6.45, 7) is 1.89. The lowest BCUT2D eigenvalue weighted by Gasteiger charge is -2.09. The second kappa shape index (κ2) is 6.05. The van der Waals surface area contributed by atoms with E-state index in [9.17, 15) is 14.4 Å². The molecule has 0 atom stereocenters. The molecule has 0 bridgehead atoms. The van der Waals surface area contributed by atoms with Gasteiger partial charge in [0.1, 0.15) is 0 Å². The number of hydrogen-bond acceptors (Lipinski definition) is 4. The largest absolute Gasteiger partial charge is 0.481 e. The molecule has 2 aromatic carbocycles. The summed E-state index contributed by atoms with van der Waals surface area (Å²) < 4.78 is 1.39. The molecule has 0 spiro atoms. The van der Waals surface area contributed by atoms with Gasteiger partial charge in [-0.1, -0.05) is 17.7 Å². The minimum absolute atomic E-state index is 0.193. The highest BCUT2D eigenvalue weighted by atomic mass is 32.1. The van der Waals surface area contributed by atoms with Gasteiger partial charge in [-0.25, -0.2) is 0 Å². The molecule has 0 radical (unpaired) electrons. The summed E-state index contributed by atoms with van der Waals surface area (Å²) in [6.07, 6.45) is -0.504. The Kier molecular flexibility index (Phi) is 4.07. The number of rotatable bonds is 4. The summed E-state index contributed by atoms with van der Waals surface area (Å²) in [5, 5.41) is 19.1. The van der Waals surface area contributed by atoms with E-state index in [-0.39, 0.29) is 18.3 Å². The van der Waals surface area contributed by atoms with E-state index in [1.54, 1.807) is 18.2 Å². The first-order chi connectivity index (χ1) is 11.3. The van der Waals surface area contributed by atoms with Crippen molar-refractivity contribution in [2.45, 2.75) is 19.8 Å². The maximum Gasteiger partial charge on any atom is 0.307 e. The zero-order chi connectivity index (χ0) is 17.4. The highest BCUT2D eigenvalue weighted by molar-refractivity contribution is 7.24. The Bertz CT molecular complexity index is 1050. The van der Waals surface area contributed by atoms with Gasteiger partial charge in [-0.2, -0.15) is 0 Å². The van der Waals surface area contributed by atoms with E-state index in [4.69, 9.17) is 10.2 Å². The summed E-state index contributed by atoms with van der Waals surface area (Å²) in [7, 11) is 0. The third kappa shape index (κ3) is 3.00. The molecule has 5 nitrogen and oxygen atoms in total. The van der Waals surface area contributed by atoms with Gasteiger partial charge in [-0.3, -0.25) is 14.4 Å². The monoisotopic (exact) mass is 342 g/mol. The van der Waals surface area contributed by atoms with Crippen LogP contribution in [0.1, 0.15) is 16.7 Å². The summed E-state index contributed by atoms with van der Waals surface area (Å²) >= 11 is 1.36. The van der Waals surface area contributed by atoms with Crippen LogP contribution in [0.4, 0.5) is 0 Å². The van der Waals surface area contributed by atoms with Crippen LogP contribution in [0.15, 0.2) is 35.1 Å². The third-order valence-electron chi connectivity index (χ3n) is 3.76. The lowest BCUT2D eigenvalue weighted by molar-refractivity contribution is -0.137. The molecule has 0 fully saturated rings. The molecule has 1 heterocycles. The molecule has 0 saturated heterocycles. The molecule has 1 aromatic heterocycles. The van der Waals surface area contributed by atoms with Crippen molar-refractivity contribution in [3.05, 3.63) is 57.2 Å². The first-order valence-corrected chi connectivity index (χ1v) is 8.09. The molecule has 2 N–H and O–H groups in total. The van der Waals surface area contributed by atoms with Crippen LogP contribution in [0.5, 0.6) is 0 Å². The van der Waals surface area contributed by atoms with Crippen LogP contribution in [0.25, 0.3) is 20.2 Å². The first kappa shape index (κ1) is 16.1. The fraction of sp³-hybridized carbons (Fsp3) is 0.167. The molecule has 0 unspecified atom stereocenters. The Morgan fingerprint density at radius 1 is 1.00 bits per heavy atom. The standard InChI is InChI=1S/C18H14O5S/c1-9-2-3-14-12(4-9)17(23)13-6-10(7-15(19)20)5-11(8-16(21)22)18(13)24-14/h2-6H,7-8H2,1H3,(H,19,20)(H,21,22). The Balaban J connectivity index is 2.40. The molecule has 0 aliphatic carbocycles. The highest BCUT2D eigenvalue weighted by Gasteiger charge is 2.14. The van der Waals surface area contributed by atoms with E-state index in [0.29, 0.717) is 26.6 Å². The van der Waals surface area contributed by atoms with Gasteiger partial charge in [0.15, 0.2) is 5.43 Å². The van der Waals surface area contributed by atoms with Crippen molar-refractivity contribution >= 4 is 43.4 Å². The summed E-state index contributed by atoms with van der Waals surface area (Å²) in [5.74, 6) is -2.05. The van der Waals surface area contributed by atoms with E-state index in [0.717, 1.165) is 10.3 Å². The quantitative estimate of drug-likeness (QED) is 0.711. The van der Waals surface area contributed by atoms with Crippen LogP contribution in [0.3, 0.4) is 0 Å². The molecule has 24 heavy (non-hydrogen) atoms. The predicted octanol–water partition coefficient (Wildman–Crippen LogP) is 2.98. The Labute approximate surface area is 140 Å². The maximum atomic E-state index is 12.8. The van der Waals surface area contributed by atoms with E-state index in [2.05, 4.69) is 0 Å². The van der Waals surface area contributed by atoms with E-state index in [1.165, 1.54) is 11.3 Å². The van der Waals surface area contributed by atoms with Crippen LogP contribution in [-0.2, 0) is 22.4 Å². The average Bonchev–Trinajstić information content (AvgIpc) is 2.48. The minimum Gasteiger partial charge on any atom is -0.481 e.